The number of benzene rings is 1. The van der Waals surface area contributed by atoms with E-state index in [0.29, 0.717) is 11.3 Å². The molecule has 1 aromatic carbocycles. The molecule has 2 rings (SSSR count). The Morgan fingerprint density at radius 2 is 2.06 bits per heavy atom. The van der Waals surface area contributed by atoms with Crippen molar-refractivity contribution in [3.63, 3.8) is 0 Å². The number of hydrogen-bond acceptors (Lipinski definition) is 2. The summed E-state index contributed by atoms with van der Waals surface area (Å²) < 4.78 is 0. The molecule has 1 amide bonds. The molecule has 1 saturated carbocycles. The van der Waals surface area contributed by atoms with E-state index in [9.17, 15) is 4.79 Å². The summed E-state index contributed by atoms with van der Waals surface area (Å²) in [5.41, 5.74) is 8.31. The summed E-state index contributed by atoms with van der Waals surface area (Å²) in [5, 5.41) is 3.05. The van der Waals surface area contributed by atoms with Crippen LogP contribution in [0.1, 0.15) is 48.5 Å². The molecule has 1 aliphatic rings. The SMILES string of the molecule is Cc1ccc(N)cc1C(=O)NCC1(C)CCCC1. The summed E-state index contributed by atoms with van der Waals surface area (Å²) in [4.78, 5) is 12.1. The zero-order valence-electron chi connectivity index (χ0n) is 11.3. The van der Waals surface area contributed by atoms with Crippen LogP contribution in [0.5, 0.6) is 0 Å². The fraction of sp³-hybridized carbons (Fsp3) is 0.533. The molecule has 0 aromatic heterocycles. The van der Waals surface area contributed by atoms with Gasteiger partial charge in [-0.1, -0.05) is 25.8 Å². The van der Waals surface area contributed by atoms with E-state index < -0.39 is 0 Å². The molecule has 1 aliphatic carbocycles. The Morgan fingerprint density at radius 1 is 1.39 bits per heavy atom. The Kier molecular flexibility index (Phi) is 3.60. The number of carbonyl (C=O) groups is 1. The lowest BCUT2D eigenvalue weighted by Gasteiger charge is -2.23. The summed E-state index contributed by atoms with van der Waals surface area (Å²) in [6.07, 6.45) is 4.99. The second kappa shape index (κ2) is 5.01. The number of nitrogen functional groups attached to an aromatic ring is 1. The van der Waals surface area contributed by atoms with Gasteiger partial charge in [-0.05, 0) is 42.9 Å². The topological polar surface area (TPSA) is 55.1 Å². The largest absolute Gasteiger partial charge is 0.399 e. The first-order chi connectivity index (χ1) is 8.50. The summed E-state index contributed by atoms with van der Waals surface area (Å²) >= 11 is 0. The Morgan fingerprint density at radius 3 is 2.72 bits per heavy atom. The highest BCUT2D eigenvalue weighted by molar-refractivity contribution is 5.96. The highest BCUT2D eigenvalue weighted by atomic mass is 16.1. The molecule has 1 aromatic rings. The van der Waals surface area contributed by atoms with Gasteiger partial charge in [-0.15, -0.1) is 0 Å². The lowest BCUT2D eigenvalue weighted by molar-refractivity contribution is 0.0933. The van der Waals surface area contributed by atoms with Crippen LogP contribution in [-0.2, 0) is 0 Å². The minimum absolute atomic E-state index is 0.00655. The van der Waals surface area contributed by atoms with Crippen LogP contribution in [0.15, 0.2) is 18.2 Å². The van der Waals surface area contributed by atoms with Crippen LogP contribution in [0.25, 0.3) is 0 Å². The van der Waals surface area contributed by atoms with Gasteiger partial charge >= 0.3 is 0 Å². The van der Waals surface area contributed by atoms with E-state index >= 15 is 0 Å². The summed E-state index contributed by atoms with van der Waals surface area (Å²) in [7, 11) is 0. The van der Waals surface area contributed by atoms with E-state index in [1.165, 1.54) is 25.7 Å². The summed E-state index contributed by atoms with van der Waals surface area (Å²) in [6, 6.07) is 5.47. The molecule has 0 saturated heterocycles. The molecule has 3 nitrogen and oxygen atoms in total. The zero-order chi connectivity index (χ0) is 13.2. The van der Waals surface area contributed by atoms with Crippen LogP contribution in [0.3, 0.4) is 0 Å². The van der Waals surface area contributed by atoms with E-state index in [4.69, 9.17) is 5.73 Å². The van der Waals surface area contributed by atoms with Gasteiger partial charge in [-0.3, -0.25) is 4.79 Å². The van der Waals surface area contributed by atoms with Crippen molar-refractivity contribution in [2.24, 2.45) is 5.41 Å². The highest BCUT2D eigenvalue weighted by Crippen LogP contribution is 2.36. The normalized spacial score (nSPS) is 17.7. The maximum Gasteiger partial charge on any atom is 0.251 e. The fourth-order valence-electron chi connectivity index (χ4n) is 2.68. The van der Waals surface area contributed by atoms with Crippen molar-refractivity contribution in [3.05, 3.63) is 29.3 Å². The third-order valence-corrected chi connectivity index (χ3v) is 3.99. The number of anilines is 1. The Labute approximate surface area is 109 Å². The molecule has 0 aliphatic heterocycles. The second-order valence-corrected chi connectivity index (χ2v) is 5.77. The molecule has 0 radical (unpaired) electrons. The van der Waals surface area contributed by atoms with Gasteiger partial charge in [-0.25, -0.2) is 0 Å². The van der Waals surface area contributed by atoms with Gasteiger partial charge in [0.1, 0.15) is 0 Å². The van der Waals surface area contributed by atoms with Gasteiger partial charge in [0.2, 0.25) is 0 Å². The molecule has 0 heterocycles. The third-order valence-electron chi connectivity index (χ3n) is 3.99. The van der Waals surface area contributed by atoms with Gasteiger partial charge in [0, 0.05) is 17.8 Å². The van der Waals surface area contributed by atoms with Crippen LogP contribution < -0.4 is 11.1 Å². The number of rotatable bonds is 3. The Bertz CT molecular complexity index is 448. The first-order valence-corrected chi connectivity index (χ1v) is 6.65. The van der Waals surface area contributed by atoms with E-state index in [-0.39, 0.29) is 11.3 Å². The number of nitrogens with one attached hydrogen (secondary N) is 1. The van der Waals surface area contributed by atoms with Crippen molar-refractivity contribution in [3.8, 4) is 0 Å². The molecule has 0 unspecified atom stereocenters. The monoisotopic (exact) mass is 246 g/mol. The van der Waals surface area contributed by atoms with Gasteiger partial charge < -0.3 is 11.1 Å². The molecule has 98 valence electrons. The zero-order valence-corrected chi connectivity index (χ0v) is 11.3. The Balaban J connectivity index is 2.01. The number of aryl methyl sites for hydroxylation is 1. The number of nitrogens with two attached hydrogens (primary N) is 1. The number of hydrogen-bond donors (Lipinski definition) is 2. The molecule has 1 fully saturated rings. The van der Waals surface area contributed by atoms with Gasteiger partial charge in [0.25, 0.3) is 5.91 Å². The standard InChI is InChI=1S/C15H22N2O/c1-11-5-6-12(16)9-13(11)14(18)17-10-15(2)7-3-4-8-15/h5-6,9H,3-4,7-8,10,16H2,1-2H3,(H,17,18). The van der Waals surface area contributed by atoms with E-state index in [1.54, 1.807) is 6.07 Å². The maximum absolute atomic E-state index is 12.1. The van der Waals surface area contributed by atoms with Crippen molar-refractivity contribution < 1.29 is 4.79 Å². The van der Waals surface area contributed by atoms with Crippen molar-refractivity contribution in [1.29, 1.82) is 0 Å². The lowest BCUT2D eigenvalue weighted by Crippen LogP contribution is -2.34. The molecule has 18 heavy (non-hydrogen) atoms. The smallest absolute Gasteiger partial charge is 0.251 e. The van der Waals surface area contributed by atoms with Crippen molar-refractivity contribution >= 4 is 11.6 Å². The van der Waals surface area contributed by atoms with E-state index in [0.717, 1.165) is 12.1 Å². The average molecular weight is 246 g/mol. The minimum atomic E-state index is -0.00655. The first kappa shape index (κ1) is 12.9. The number of amides is 1. The van der Waals surface area contributed by atoms with Gasteiger partial charge in [0.15, 0.2) is 0 Å². The van der Waals surface area contributed by atoms with Crippen LogP contribution in [-0.4, -0.2) is 12.5 Å². The molecule has 3 heteroatoms. The molecule has 3 N–H and O–H groups in total. The van der Waals surface area contributed by atoms with Crippen LogP contribution in [0.4, 0.5) is 5.69 Å². The summed E-state index contributed by atoms with van der Waals surface area (Å²) in [5.74, 6) is -0.00655. The lowest BCUT2D eigenvalue weighted by atomic mass is 9.89. The molecular formula is C15H22N2O. The van der Waals surface area contributed by atoms with Gasteiger partial charge in [-0.2, -0.15) is 0 Å². The van der Waals surface area contributed by atoms with Crippen molar-refractivity contribution in [1.82, 2.24) is 5.32 Å². The predicted molar refractivity (Wildman–Crippen MR) is 74.5 cm³/mol. The molecular weight excluding hydrogens is 224 g/mol. The summed E-state index contributed by atoms with van der Waals surface area (Å²) in [6.45, 7) is 4.96. The quantitative estimate of drug-likeness (QED) is 0.806. The third kappa shape index (κ3) is 2.84. The fourth-order valence-corrected chi connectivity index (χ4v) is 2.68. The minimum Gasteiger partial charge on any atom is -0.399 e. The van der Waals surface area contributed by atoms with Crippen LogP contribution in [0.2, 0.25) is 0 Å². The highest BCUT2D eigenvalue weighted by Gasteiger charge is 2.29. The van der Waals surface area contributed by atoms with E-state index in [2.05, 4.69) is 12.2 Å². The average Bonchev–Trinajstić information content (AvgIpc) is 2.77. The second-order valence-electron chi connectivity index (χ2n) is 5.77. The van der Waals surface area contributed by atoms with Crippen LogP contribution >= 0.6 is 0 Å². The molecule has 0 spiro atoms. The van der Waals surface area contributed by atoms with Crippen molar-refractivity contribution in [2.45, 2.75) is 39.5 Å². The van der Waals surface area contributed by atoms with Gasteiger partial charge in [0.05, 0.1) is 0 Å². The van der Waals surface area contributed by atoms with Crippen molar-refractivity contribution in [2.75, 3.05) is 12.3 Å². The molecule has 0 bridgehead atoms. The first-order valence-electron chi connectivity index (χ1n) is 6.65. The predicted octanol–water partition coefficient (Wildman–Crippen LogP) is 2.89. The maximum atomic E-state index is 12.1. The number of carbonyl (C=O) groups excluding carboxylic acids is 1. The van der Waals surface area contributed by atoms with Crippen LogP contribution in [0, 0.1) is 12.3 Å². The van der Waals surface area contributed by atoms with E-state index in [1.807, 2.05) is 19.1 Å². The molecule has 0 atom stereocenters. The Hall–Kier alpha value is -1.51.